The highest BCUT2D eigenvalue weighted by Crippen LogP contribution is 2.26. The molecule has 1 aromatic rings. The molecule has 1 rings (SSSR count). The Morgan fingerprint density at radius 1 is 1.50 bits per heavy atom. The zero-order chi connectivity index (χ0) is 12.3. The van der Waals surface area contributed by atoms with E-state index in [9.17, 15) is 9.18 Å². The number of Topliss-reactive ketones (excluding diaryl/α,β-unsaturated/α-hetero) is 1. The lowest BCUT2D eigenvalue weighted by Crippen LogP contribution is -2.23. The molecule has 2 nitrogen and oxygen atoms in total. The number of carbonyl (C=O) groups is 1. The Balaban J connectivity index is 3.17. The molecule has 0 N–H and O–H groups in total. The summed E-state index contributed by atoms with van der Waals surface area (Å²) in [4.78, 5) is 12.0. The number of hydrogen-bond acceptors (Lipinski definition) is 2. The zero-order valence-corrected chi connectivity index (χ0v) is 9.67. The number of benzene rings is 1. The van der Waals surface area contributed by atoms with Gasteiger partial charge in [0, 0.05) is 11.0 Å². The van der Waals surface area contributed by atoms with Crippen LogP contribution in [0.5, 0.6) is 0 Å². The minimum absolute atomic E-state index is 0.0634. The Hall–Kier alpha value is -1.69. The molecule has 0 bridgehead atoms. The van der Waals surface area contributed by atoms with E-state index in [1.165, 1.54) is 12.1 Å². The molecule has 16 heavy (non-hydrogen) atoms. The molecule has 84 valence electrons. The lowest BCUT2D eigenvalue weighted by molar-refractivity contribution is 0.0833. The third-order valence-corrected chi connectivity index (χ3v) is 2.85. The van der Waals surface area contributed by atoms with E-state index in [1.807, 2.05) is 20.8 Å². The molecule has 0 amide bonds. The maximum absolute atomic E-state index is 13.1. The molecule has 0 heterocycles. The normalized spacial score (nSPS) is 10.9. The van der Waals surface area contributed by atoms with Crippen molar-refractivity contribution >= 4 is 5.78 Å². The fourth-order valence-corrected chi connectivity index (χ4v) is 1.30. The minimum Gasteiger partial charge on any atom is -0.294 e. The van der Waals surface area contributed by atoms with Crippen LogP contribution in [-0.4, -0.2) is 5.78 Å². The molecule has 0 atom stereocenters. The van der Waals surface area contributed by atoms with E-state index in [2.05, 4.69) is 0 Å². The highest BCUT2D eigenvalue weighted by molar-refractivity contribution is 6.00. The van der Waals surface area contributed by atoms with Gasteiger partial charge in [-0.3, -0.25) is 4.79 Å². The van der Waals surface area contributed by atoms with Crippen LogP contribution >= 0.6 is 0 Å². The van der Waals surface area contributed by atoms with E-state index in [0.717, 1.165) is 6.07 Å². The lowest BCUT2D eigenvalue weighted by Gasteiger charge is -2.20. The molecule has 0 saturated heterocycles. The third-order valence-electron chi connectivity index (χ3n) is 2.85. The van der Waals surface area contributed by atoms with Gasteiger partial charge in [-0.1, -0.05) is 20.8 Å². The summed E-state index contributed by atoms with van der Waals surface area (Å²) in [6.45, 7) is 5.60. The number of nitrogens with zero attached hydrogens (tertiary/aromatic N) is 1. The van der Waals surface area contributed by atoms with Gasteiger partial charge in [0.15, 0.2) is 5.78 Å². The Bertz CT molecular complexity index is 457. The quantitative estimate of drug-likeness (QED) is 0.732. The molecule has 0 unspecified atom stereocenters. The second kappa shape index (κ2) is 4.44. The van der Waals surface area contributed by atoms with Crippen LogP contribution in [0.3, 0.4) is 0 Å². The molecule has 0 saturated carbocycles. The molecule has 0 aliphatic rings. The first-order chi connectivity index (χ1) is 7.42. The van der Waals surface area contributed by atoms with Crippen LogP contribution in [0.1, 0.15) is 43.1 Å². The molecular weight excluding hydrogens is 205 g/mol. The summed E-state index contributed by atoms with van der Waals surface area (Å²) < 4.78 is 13.1. The number of nitriles is 1. The smallest absolute Gasteiger partial charge is 0.168 e. The van der Waals surface area contributed by atoms with Crippen LogP contribution in [0, 0.1) is 22.6 Å². The van der Waals surface area contributed by atoms with Gasteiger partial charge in [-0.15, -0.1) is 0 Å². The summed E-state index contributed by atoms with van der Waals surface area (Å²) >= 11 is 0. The van der Waals surface area contributed by atoms with E-state index < -0.39 is 11.2 Å². The Morgan fingerprint density at radius 2 is 2.12 bits per heavy atom. The highest BCUT2D eigenvalue weighted by atomic mass is 19.1. The van der Waals surface area contributed by atoms with E-state index in [1.54, 1.807) is 6.07 Å². The number of hydrogen-bond donors (Lipinski definition) is 0. The van der Waals surface area contributed by atoms with Gasteiger partial charge < -0.3 is 0 Å². The van der Waals surface area contributed by atoms with Crippen molar-refractivity contribution in [2.75, 3.05) is 0 Å². The average molecular weight is 219 g/mol. The van der Waals surface area contributed by atoms with E-state index in [0.29, 0.717) is 12.0 Å². The fourth-order valence-electron chi connectivity index (χ4n) is 1.30. The molecule has 0 aliphatic heterocycles. The van der Waals surface area contributed by atoms with Gasteiger partial charge in [-0.05, 0) is 24.6 Å². The maximum atomic E-state index is 13.1. The van der Waals surface area contributed by atoms with E-state index >= 15 is 0 Å². The van der Waals surface area contributed by atoms with Crippen LogP contribution in [0.15, 0.2) is 18.2 Å². The van der Waals surface area contributed by atoms with E-state index in [4.69, 9.17) is 5.26 Å². The lowest BCUT2D eigenvalue weighted by atomic mass is 9.82. The summed E-state index contributed by atoms with van der Waals surface area (Å²) in [5, 5.41) is 8.68. The largest absolute Gasteiger partial charge is 0.294 e. The van der Waals surface area contributed by atoms with E-state index in [-0.39, 0.29) is 11.3 Å². The van der Waals surface area contributed by atoms with Crippen molar-refractivity contribution in [3.63, 3.8) is 0 Å². The summed E-state index contributed by atoms with van der Waals surface area (Å²) in [7, 11) is 0. The van der Waals surface area contributed by atoms with Gasteiger partial charge in [-0.2, -0.15) is 5.26 Å². The molecule has 1 aromatic carbocycles. The fraction of sp³-hybridized carbons (Fsp3) is 0.385. The molecule has 0 radical (unpaired) electrons. The second-order valence-electron chi connectivity index (χ2n) is 4.37. The Labute approximate surface area is 94.7 Å². The number of halogens is 1. The number of rotatable bonds is 3. The SMILES string of the molecule is CCC(C)(C)C(=O)c1ccc(F)c(C#N)c1. The first kappa shape index (κ1) is 12.4. The zero-order valence-electron chi connectivity index (χ0n) is 9.67. The van der Waals surface area contributed by atoms with Crippen LogP contribution < -0.4 is 0 Å². The minimum atomic E-state index is -0.589. The third kappa shape index (κ3) is 2.27. The van der Waals surface area contributed by atoms with Crippen LogP contribution in [0.4, 0.5) is 4.39 Å². The van der Waals surface area contributed by atoms with Crippen molar-refractivity contribution in [1.29, 1.82) is 5.26 Å². The van der Waals surface area contributed by atoms with Crippen molar-refractivity contribution < 1.29 is 9.18 Å². The summed E-state index contributed by atoms with van der Waals surface area (Å²) in [6, 6.07) is 5.64. The molecule has 0 fully saturated rings. The summed E-state index contributed by atoms with van der Waals surface area (Å²) in [5.74, 6) is -0.653. The van der Waals surface area contributed by atoms with Gasteiger partial charge in [0.25, 0.3) is 0 Å². The number of ketones is 1. The monoisotopic (exact) mass is 219 g/mol. The predicted molar refractivity (Wildman–Crippen MR) is 59.5 cm³/mol. The van der Waals surface area contributed by atoms with Crippen molar-refractivity contribution in [1.82, 2.24) is 0 Å². The number of carbonyl (C=O) groups excluding carboxylic acids is 1. The second-order valence-corrected chi connectivity index (χ2v) is 4.37. The molecular formula is C13H14FNO. The van der Waals surface area contributed by atoms with Gasteiger partial charge in [0.05, 0.1) is 5.56 Å². The average Bonchev–Trinajstić information content (AvgIpc) is 2.28. The molecule has 0 aromatic heterocycles. The van der Waals surface area contributed by atoms with Crippen LogP contribution in [0.25, 0.3) is 0 Å². The van der Waals surface area contributed by atoms with Crippen molar-refractivity contribution in [3.8, 4) is 6.07 Å². The van der Waals surface area contributed by atoms with Crippen molar-refractivity contribution in [2.24, 2.45) is 5.41 Å². The molecule has 3 heteroatoms. The summed E-state index contributed by atoms with van der Waals surface area (Å²) in [6.07, 6.45) is 0.700. The van der Waals surface area contributed by atoms with Crippen LogP contribution in [-0.2, 0) is 0 Å². The highest BCUT2D eigenvalue weighted by Gasteiger charge is 2.26. The Kier molecular flexibility index (Phi) is 3.44. The van der Waals surface area contributed by atoms with Crippen molar-refractivity contribution in [3.05, 3.63) is 35.1 Å². The molecule has 0 aliphatic carbocycles. The maximum Gasteiger partial charge on any atom is 0.168 e. The van der Waals surface area contributed by atoms with Gasteiger partial charge in [-0.25, -0.2) is 4.39 Å². The Morgan fingerprint density at radius 3 is 2.62 bits per heavy atom. The first-order valence-corrected chi connectivity index (χ1v) is 5.17. The predicted octanol–water partition coefficient (Wildman–Crippen LogP) is 3.32. The first-order valence-electron chi connectivity index (χ1n) is 5.17. The van der Waals surface area contributed by atoms with Crippen molar-refractivity contribution in [2.45, 2.75) is 27.2 Å². The van der Waals surface area contributed by atoms with Gasteiger partial charge >= 0.3 is 0 Å². The summed E-state index contributed by atoms with van der Waals surface area (Å²) in [5.41, 5.74) is -0.174. The van der Waals surface area contributed by atoms with Crippen LogP contribution in [0.2, 0.25) is 0 Å². The standard InChI is InChI=1S/C13H14FNO/c1-4-13(2,3)12(16)9-5-6-11(14)10(7-9)8-15/h5-7H,4H2,1-3H3. The van der Waals surface area contributed by atoms with Gasteiger partial charge in [0.2, 0.25) is 0 Å². The topological polar surface area (TPSA) is 40.9 Å². The molecule has 0 spiro atoms. The van der Waals surface area contributed by atoms with Gasteiger partial charge in [0.1, 0.15) is 11.9 Å².